The van der Waals surface area contributed by atoms with Crippen molar-refractivity contribution in [2.75, 3.05) is 0 Å². The topological polar surface area (TPSA) is 39.2 Å². The number of benzene rings is 1. The fourth-order valence-corrected chi connectivity index (χ4v) is 2.77. The number of hydrogen-bond donors (Lipinski definition) is 0. The minimum absolute atomic E-state index is 0.0124. The van der Waals surface area contributed by atoms with Crippen LogP contribution in [0.25, 0.3) is 10.9 Å². The Kier molecular flexibility index (Phi) is 3.57. The Bertz CT molecular complexity index is 696. The number of aryl methyl sites for hydroxylation is 1. The van der Waals surface area contributed by atoms with Crippen molar-refractivity contribution in [1.82, 2.24) is 4.98 Å². The van der Waals surface area contributed by atoms with Gasteiger partial charge in [-0.2, -0.15) is 0 Å². The summed E-state index contributed by atoms with van der Waals surface area (Å²) in [7, 11) is 0. The van der Waals surface area contributed by atoms with Crippen LogP contribution >= 0.6 is 23.2 Å². The number of carbonyl (C=O) groups excluding carboxylic acids is 1. The highest BCUT2D eigenvalue weighted by molar-refractivity contribution is 6.39. The van der Waals surface area contributed by atoms with E-state index in [0.717, 1.165) is 30.3 Å². The molecular weight excluding hydrogens is 297 g/mol. The zero-order valence-electron chi connectivity index (χ0n) is 11.0. The van der Waals surface area contributed by atoms with E-state index in [1.54, 1.807) is 6.07 Å². The fraction of sp³-hybridized carbons (Fsp3) is 0.333. The second-order valence-electron chi connectivity index (χ2n) is 5.07. The van der Waals surface area contributed by atoms with Crippen LogP contribution in [0.2, 0.25) is 10.0 Å². The lowest BCUT2D eigenvalue weighted by molar-refractivity contribution is -0.141. The van der Waals surface area contributed by atoms with Crippen molar-refractivity contribution < 1.29 is 9.53 Å². The normalized spacial score (nSPS) is 15.2. The molecule has 0 amide bonds. The molecule has 0 saturated heterocycles. The lowest BCUT2D eigenvalue weighted by Gasteiger charge is -2.23. The molecule has 3 nitrogen and oxygen atoms in total. The highest BCUT2D eigenvalue weighted by atomic mass is 35.5. The summed E-state index contributed by atoms with van der Waals surface area (Å²) < 4.78 is 5.48. The van der Waals surface area contributed by atoms with Crippen molar-refractivity contribution in [1.29, 1.82) is 0 Å². The molecule has 0 radical (unpaired) electrons. The van der Waals surface area contributed by atoms with Crippen molar-refractivity contribution in [2.24, 2.45) is 5.92 Å². The summed E-state index contributed by atoms with van der Waals surface area (Å²) in [6.45, 7) is 1.87. The van der Waals surface area contributed by atoms with E-state index >= 15 is 0 Å². The third-order valence-electron chi connectivity index (χ3n) is 3.62. The summed E-state index contributed by atoms with van der Waals surface area (Å²) in [6.07, 6.45) is 2.84. The molecule has 1 aliphatic carbocycles. The lowest BCUT2D eigenvalue weighted by Crippen LogP contribution is -2.26. The number of esters is 1. The van der Waals surface area contributed by atoms with Crippen LogP contribution in [-0.4, -0.2) is 11.0 Å². The monoisotopic (exact) mass is 309 g/mol. The number of hydrogen-bond acceptors (Lipinski definition) is 3. The Morgan fingerprint density at radius 2 is 2.05 bits per heavy atom. The molecule has 0 aliphatic heterocycles. The quantitative estimate of drug-likeness (QED) is 0.603. The number of carbonyl (C=O) groups is 1. The Morgan fingerprint density at radius 1 is 1.30 bits per heavy atom. The number of aromatic nitrogens is 1. The van der Waals surface area contributed by atoms with Crippen molar-refractivity contribution in [2.45, 2.75) is 26.2 Å². The van der Waals surface area contributed by atoms with Gasteiger partial charge < -0.3 is 4.74 Å². The zero-order chi connectivity index (χ0) is 14.3. The zero-order valence-corrected chi connectivity index (χ0v) is 12.5. The highest BCUT2D eigenvalue weighted by Gasteiger charge is 2.28. The van der Waals surface area contributed by atoms with Gasteiger partial charge in [-0.15, -0.1) is 0 Å². The minimum Gasteiger partial charge on any atom is -0.422 e. The summed E-state index contributed by atoms with van der Waals surface area (Å²) in [5.41, 5.74) is 1.35. The SMILES string of the molecule is Cc1ccc2c(Cl)cc(Cl)c(OC(=O)C3CCC3)c2n1. The second kappa shape index (κ2) is 5.23. The smallest absolute Gasteiger partial charge is 0.314 e. The van der Waals surface area contributed by atoms with Gasteiger partial charge in [-0.25, -0.2) is 4.98 Å². The largest absolute Gasteiger partial charge is 0.422 e. The first-order valence-electron chi connectivity index (χ1n) is 6.53. The van der Waals surface area contributed by atoms with E-state index in [2.05, 4.69) is 4.98 Å². The van der Waals surface area contributed by atoms with Gasteiger partial charge in [0.05, 0.1) is 16.0 Å². The summed E-state index contributed by atoms with van der Waals surface area (Å²) in [6, 6.07) is 5.31. The van der Waals surface area contributed by atoms with Crippen molar-refractivity contribution in [3.05, 3.63) is 33.9 Å². The van der Waals surface area contributed by atoms with E-state index in [4.69, 9.17) is 27.9 Å². The third kappa shape index (κ3) is 2.36. The maximum Gasteiger partial charge on any atom is 0.314 e. The molecule has 0 unspecified atom stereocenters. The molecule has 1 aromatic carbocycles. The molecule has 0 atom stereocenters. The molecule has 2 aromatic rings. The summed E-state index contributed by atoms with van der Waals surface area (Å²) in [5, 5.41) is 1.55. The Labute approximate surface area is 126 Å². The van der Waals surface area contributed by atoms with Gasteiger partial charge in [0.15, 0.2) is 5.75 Å². The van der Waals surface area contributed by atoms with Gasteiger partial charge in [0, 0.05) is 11.1 Å². The van der Waals surface area contributed by atoms with Crippen LogP contribution in [0.5, 0.6) is 5.75 Å². The molecular formula is C15H13Cl2NO2. The first-order valence-corrected chi connectivity index (χ1v) is 7.29. The summed E-state index contributed by atoms with van der Waals surface area (Å²) in [5.74, 6) is 0.0679. The molecule has 1 heterocycles. The standard InChI is InChI=1S/C15H13Cl2NO2/c1-8-5-6-10-11(16)7-12(17)14(13(10)18-8)20-15(19)9-3-2-4-9/h5-7,9H,2-4H2,1H3. The van der Waals surface area contributed by atoms with Crippen molar-refractivity contribution in [3.63, 3.8) is 0 Å². The van der Waals surface area contributed by atoms with Gasteiger partial charge in [-0.1, -0.05) is 29.6 Å². The van der Waals surface area contributed by atoms with Crippen molar-refractivity contribution >= 4 is 40.1 Å². The number of halogens is 2. The Hall–Kier alpha value is -1.32. The van der Waals surface area contributed by atoms with Crippen LogP contribution in [0.1, 0.15) is 25.0 Å². The molecule has 0 bridgehead atoms. The number of pyridine rings is 1. The molecule has 0 spiro atoms. The lowest BCUT2D eigenvalue weighted by atomic mass is 9.86. The number of nitrogens with zero attached hydrogens (tertiary/aromatic N) is 1. The van der Waals surface area contributed by atoms with E-state index in [1.807, 2.05) is 19.1 Å². The predicted molar refractivity (Wildman–Crippen MR) is 79.5 cm³/mol. The maximum absolute atomic E-state index is 12.0. The van der Waals surface area contributed by atoms with Crippen LogP contribution in [-0.2, 0) is 4.79 Å². The third-order valence-corrected chi connectivity index (χ3v) is 4.21. The number of rotatable bonds is 2. The molecule has 0 N–H and O–H groups in total. The van der Waals surface area contributed by atoms with Gasteiger partial charge in [0.1, 0.15) is 5.52 Å². The molecule has 5 heteroatoms. The predicted octanol–water partition coefficient (Wildman–Crippen LogP) is 4.56. The number of fused-ring (bicyclic) bond motifs is 1. The van der Waals surface area contributed by atoms with Crippen LogP contribution in [0, 0.1) is 12.8 Å². The molecule has 1 fully saturated rings. The van der Waals surface area contributed by atoms with E-state index < -0.39 is 0 Å². The maximum atomic E-state index is 12.0. The van der Waals surface area contributed by atoms with Crippen LogP contribution in [0.4, 0.5) is 0 Å². The van der Waals surface area contributed by atoms with Gasteiger partial charge in [-0.3, -0.25) is 4.79 Å². The first kappa shape index (κ1) is 13.7. The fourth-order valence-electron chi connectivity index (χ4n) is 2.22. The van der Waals surface area contributed by atoms with E-state index in [0.29, 0.717) is 21.3 Å². The summed E-state index contributed by atoms with van der Waals surface area (Å²) in [4.78, 5) is 16.4. The van der Waals surface area contributed by atoms with E-state index in [-0.39, 0.29) is 11.9 Å². The Balaban J connectivity index is 2.08. The van der Waals surface area contributed by atoms with E-state index in [1.165, 1.54) is 0 Å². The molecule has 3 rings (SSSR count). The molecule has 104 valence electrons. The Morgan fingerprint density at radius 3 is 2.70 bits per heavy atom. The van der Waals surface area contributed by atoms with E-state index in [9.17, 15) is 4.79 Å². The second-order valence-corrected chi connectivity index (χ2v) is 5.88. The first-order chi connectivity index (χ1) is 9.56. The minimum atomic E-state index is -0.231. The van der Waals surface area contributed by atoms with Gasteiger partial charge in [-0.05, 0) is 38.0 Å². The molecule has 1 aliphatic rings. The summed E-state index contributed by atoms with van der Waals surface area (Å²) >= 11 is 12.3. The van der Waals surface area contributed by atoms with Gasteiger partial charge in [0.25, 0.3) is 0 Å². The molecule has 1 saturated carbocycles. The van der Waals surface area contributed by atoms with Crippen LogP contribution in [0.15, 0.2) is 18.2 Å². The van der Waals surface area contributed by atoms with Crippen LogP contribution < -0.4 is 4.74 Å². The van der Waals surface area contributed by atoms with Gasteiger partial charge >= 0.3 is 5.97 Å². The average molecular weight is 310 g/mol. The van der Waals surface area contributed by atoms with Gasteiger partial charge in [0.2, 0.25) is 0 Å². The van der Waals surface area contributed by atoms with Crippen molar-refractivity contribution in [3.8, 4) is 5.75 Å². The highest BCUT2D eigenvalue weighted by Crippen LogP contribution is 2.38. The molecule has 20 heavy (non-hydrogen) atoms. The average Bonchev–Trinajstić information content (AvgIpc) is 2.32. The molecule has 1 aromatic heterocycles. The van der Waals surface area contributed by atoms with Crippen LogP contribution in [0.3, 0.4) is 0 Å². The number of ether oxygens (including phenoxy) is 1.